The van der Waals surface area contributed by atoms with E-state index in [0.29, 0.717) is 11.8 Å². The first-order valence-electron chi connectivity index (χ1n) is 8.49. The van der Waals surface area contributed by atoms with Crippen LogP contribution in [0.1, 0.15) is 66.2 Å². The highest BCUT2D eigenvalue weighted by atomic mass is 16.3. The zero-order valence-electron chi connectivity index (χ0n) is 14.3. The van der Waals surface area contributed by atoms with Crippen LogP contribution in [0.3, 0.4) is 0 Å². The summed E-state index contributed by atoms with van der Waals surface area (Å²) in [5, 5.41) is 10.6. The molecule has 0 aromatic heterocycles. The van der Waals surface area contributed by atoms with Gasteiger partial charge in [-0.2, -0.15) is 0 Å². The Bertz CT molecular complexity index is 456. The molecule has 1 unspecified atom stereocenters. The standard InChI is InChI=1S/C20H32O/c1-14(2)17-11-12-20(5)13-19(21)16(4)8-6-7-15(3)9-10-18(17)20/h8-9,17-19,21H,1,6-7,10-13H2,2-5H3/b15-9+,16-8+/t17?,18-,19-,20+/m0/s1. The normalized spacial score (nSPS) is 43.0. The number of hydrogen-bond acceptors (Lipinski definition) is 1. The molecule has 2 rings (SSSR count). The number of rotatable bonds is 1. The maximum absolute atomic E-state index is 10.6. The summed E-state index contributed by atoms with van der Waals surface area (Å²) >= 11 is 0. The number of aliphatic hydroxyl groups is 1. The predicted octanol–water partition coefficient (Wildman–Crippen LogP) is 5.42. The van der Waals surface area contributed by atoms with Crippen molar-refractivity contribution in [2.45, 2.75) is 72.3 Å². The van der Waals surface area contributed by atoms with Crippen LogP contribution in [0.15, 0.2) is 35.5 Å². The fourth-order valence-corrected chi connectivity index (χ4v) is 4.35. The summed E-state index contributed by atoms with van der Waals surface area (Å²) in [4.78, 5) is 0. The van der Waals surface area contributed by atoms with Gasteiger partial charge in [0, 0.05) is 0 Å². The average molecular weight is 288 g/mol. The lowest BCUT2D eigenvalue weighted by Crippen LogP contribution is -2.30. The smallest absolute Gasteiger partial charge is 0.0752 e. The van der Waals surface area contributed by atoms with Crippen molar-refractivity contribution in [3.8, 4) is 0 Å². The molecule has 2 aliphatic rings. The van der Waals surface area contributed by atoms with Gasteiger partial charge in [0.05, 0.1) is 6.10 Å². The van der Waals surface area contributed by atoms with Crippen LogP contribution in [0.4, 0.5) is 0 Å². The van der Waals surface area contributed by atoms with Crippen LogP contribution in [0.2, 0.25) is 0 Å². The van der Waals surface area contributed by atoms with Crippen LogP contribution in [0, 0.1) is 17.3 Å². The summed E-state index contributed by atoms with van der Waals surface area (Å²) in [5.41, 5.74) is 4.21. The third kappa shape index (κ3) is 3.69. The molecule has 0 saturated heterocycles. The van der Waals surface area contributed by atoms with Gasteiger partial charge in [-0.3, -0.25) is 0 Å². The van der Waals surface area contributed by atoms with E-state index in [1.54, 1.807) is 0 Å². The van der Waals surface area contributed by atoms with Gasteiger partial charge in [-0.1, -0.05) is 36.8 Å². The largest absolute Gasteiger partial charge is 0.389 e. The quantitative estimate of drug-likeness (QED) is 0.638. The lowest BCUT2D eigenvalue weighted by molar-refractivity contribution is 0.0977. The highest BCUT2D eigenvalue weighted by Gasteiger charge is 2.45. The van der Waals surface area contributed by atoms with E-state index in [0.717, 1.165) is 31.3 Å². The molecule has 0 aromatic carbocycles. The minimum Gasteiger partial charge on any atom is -0.389 e. The van der Waals surface area contributed by atoms with Crippen LogP contribution < -0.4 is 0 Å². The molecule has 0 heterocycles. The molecule has 1 nitrogen and oxygen atoms in total. The predicted molar refractivity (Wildman–Crippen MR) is 91.1 cm³/mol. The second-order valence-electron chi connectivity index (χ2n) is 7.74. The Labute approximate surface area is 130 Å². The van der Waals surface area contributed by atoms with Crippen molar-refractivity contribution >= 4 is 0 Å². The van der Waals surface area contributed by atoms with Crippen molar-refractivity contribution in [2.24, 2.45) is 17.3 Å². The molecule has 0 bridgehead atoms. The number of fused-ring (bicyclic) bond motifs is 1. The third-order valence-corrected chi connectivity index (χ3v) is 5.95. The fraction of sp³-hybridized carbons (Fsp3) is 0.700. The molecule has 1 N–H and O–H groups in total. The molecular weight excluding hydrogens is 256 g/mol. The first kappa shape index (κ1) is 16.5. The maximum Gasteiger partial charge on any atom is 0.0752 e. The Kier molecular flexibility index (Phi) is 5.14. The summed E-state index contributed by atoms with van der Waals surface area (Å²) in [5.74, 6) is 1.25. The summed E-state index contributed by atoms with van der Waals surface area (Å²) < 4.78 is 0. The molecule has 1 heteroatoms. The second kappa shape index (κ2) is 6.52. The number of hydrogen-bond donors (Lipinski definition) is 1. The SMILES string of the molecule is C=C(C)C1CC[C@]2(C)C[C@H](O)/C(C)=C/CC/C(C)=C/C[C@@H]12. The molecule has 0 aliphatic heterocycles. The molecule has 1 fully saturated rings. The van der Waals surface area contributed by atoms with Crippen LogP contribution >= 0.6 is 0 Å². The van der Waals surface area contributed by atoms with Crippen molar-refractivity contribution in [3.63, 3.8) is 0 Å². The first-order valence-corrected chi connectivity index (χ1v) is 8.49. The first-order chi connectivity index (χ1) is 9.83. The Balaban J connectivity index is 2.32. The van der Waals surface area contributed by atoms with Gasteiger partial charge in [-0.25, -0.2) is 0 Å². The Morgan fingerprint density at radius 3 is 2.71 bits per heavy atom. The van der Waals surface area contributed by atoms with Gasteiger partial charge in [0.1, 0.15) is 0 Å². The summed E-state index contributed by atoms with van der Waals surface area (Å²) in [7, 11) is 0. The highest BCUT2D eigenvalue weighted by molar-refractivity contribution is 5.15. The molecule has 21 heavy (non-hydrogen) atoms. The zero-order chi connectivity index (χ0) is 15.6. The maximum atomic E-state index is 10.6. The van der Waals surface area contributed by atoms with Gasteiger partial charge in [-0.05, 0) is 82.1 Å². The van der Waals surface area contributed by atoms with Crippen LogP contribution in [0.5, 0.6) is 0 Å². The molecule has 0 radical (unpaired) electrons. The molecule has 2 aliphatic carbocycles. The lowest BCUT2D eigenvalue weighted by Gasteiger charge is -2.36. The van der Waals surface area contributed by atoms with Crippen LogP contribution in [-0.4, -0.2) is 11.2 Å². The van der Waals surface area contributed by atoms with Crippen molar-refractivity contribution < 1.29 is 5.11 Å². The topological polar surface area (TPSA) is 20.2 Å². The lowest BCUT2D eigenvalue weighted by atomic mass is 9.70. The van der Waals surface area contributed by atoms with Crippen LogP contribution in [0.25, 0.3) is 0 Å². The number of aliphatic hydroxyl groups excluding tert-OH is 1. The molecule has 118 valence electrons. The van der Waals surface area contributed by atoms with Gasteiger partial charge in [0.2, 0.25) is 0 Å². The minimum atomic E-state index is -0.278. The van der Waals surface area contributed by atoms with E-state index in [2.05, 4.69) is 46.4 Å². The van der Waals surface area contributed by atoms with Gasteiger partial charge < -0.3 is 5.11 Å². The zero-order valence-corrected chi connectivity index (χ0v) is 14.3. The van der Waals surface area contributed by atoms with Crippen molar-refractivity contribution in [3.05, 3.63) is 35.5 Å². The molecular formula is C20H32O. The van der Waals surface area contributed by atoms with E-state index in [-0.39, 0.29) is 11.5 Å². The Morgan fingerprint density at radius 1 is 1.33 bits per heavy atom. The van der Waals surface area contributed by atoms with E-state index in [4.69, 9.17) is 0 Å². The molecule has 0 spiro atoms. The van der Waals surface area contributed by atoms with Gasteiger partial charge in [0.25, 0.3) is 0 Å². The van der Waals surface area contributed by atoms with Gasteiger partial charge in [0.15, 0.2) is 0 Å². The van der Waals surface area contributed by atoms with Crippen molar-refractivity contribution in [2.75, 3.05) is 0 Å². The second-order valence-corrected chi connectivity index (χ2v) is 7.74. The molecule has 0 amide bonds. The van der Waals surface area contributed by atoms with E-state index in [1.165, 1.54) is 24.0 Å². The summed E-state index contributed by atoms with van der Waals surface area (Å²) in [6, 6.07) is 0. The third-order valence-electron chi connectivity index (χ3n) is 5.95. The fourth-order valence-electron chi connectivity index (χ4n) is 4.35. The summed E-state index contributed by atoms with van der Waals surface area (Å²) in [6.45, 7) is 13.1. The van der Waals surface area contributed by atoms with Gasteiger partial charge >= 0.3 is 0 Å². The van der Waals surface area contributed by atoms with Crippen molar-refractivity contribution in [1.82, 2.24) is 0 Å². The molecule has 4 atom stereocenters. The van der Waals surface area contributed by atoms with Gasteiger partial charge in [-0.15, -0.1) is 0 Å². The Hall–Kier alpha value is -0.820. The number of allylic oxidation sites excluding steroid dienone is 4. The van der Waals surface area contributed by atoms with Crippen molar-refractivity contribution in [1.29, 1.82) is 0 Å². The highest BCUT2D eigenvalue weighted by Crippen LogP contribution is 2.54. The van der Waals surface area contributed by atoms with E-state index >= 15 is 0 Å². The van der Waals surface area contributed by atoms with E-state index < -0.39 is 0 Å². The van der Waals surface area contributed by atoms with Crippen LogP contribution in [-0.2, 0) is 0 Å². The van der Waals surface area contributed by atoms with E-state index in [9.17, 15) is 5.11 Å². The summed E-state index contributed by atoms with van der Waals surface area (Å²) in [6.07, 6.45) is 11.1. The minimum absolute atomic E-state index is 0.235. The monoisotopic (exact) mass is 288 g/mol. The average Bonchev–Trinajstić information content (AvgIpc) is 2.71. The molecule has 1 saturated carbocycles. The van der Waals surface area contributed by atoms with E-state index in [1.807, 2.05) is 0 Å². The Morgan fingerprint density at radius 2 is 2.05 bits per heavy atom. The molecule has 0 aromatic rings.